The maximum atomic E-state index is 12.1. The van der Waals surface area contributed by atoms with E-state index in [0.29, 0.717) is 17.1 Å². The number of nitrogen functional groups attached to an aromatic ring is 1. The van der Waals surface area contributed by atoms with Gasteiger partial charge in [-0.15, -0.1) is 5.10 Å². The molecule has 3 rings (SSSR count). The van der Waals surface area contributed by atoms with Gasteiger partial charge in [-0.1, -0.05) is 18.2 Å². The van der Waals surface area contributed by atoms with Gasteiger partial charge in [-0.25, -0.2) is 4.99 Å². The summed E-state index contributed by atoms with van der Waals surface area (Å²) >= 11 is 0. The first-order chi connectivity index (χ1) is 9.01. The number of fused-ring (bicyclic) bond motifs is 1. The Morgan fingerprint density at radius 1 is 1.21 bits per heavy atom. The van der Waals surface area contributed by atoms with Gasteiger partial charge in [-0.2, -0.15) is 5.10 Å². The predicted molar refractivity (Wildman–Crippen MR) is 74.3 cm³/mol. The summed E-state index contributed by atoms with van der Waals surface area (Å²) < 4.78 is 0. The number of aliphatic imine (C=N–C) groups is 1. The number of rotatable bonds is 1. The van der Waals surface area contributed by atoms with Crippen LogP contribution in [0.1, 0.15) is 19.4 Å². The van der Waals surface area contributed by atoms with E-state index in [9.17, 15) is 4.79 Å². The Kier molecular flexibility index (Phi) is 2.28. The fraction of sp³-hybridized carbons (Fsp3) is 0.231. The van der Waals surface area contributed by atoms with Crippen LogP contribution in [0, 0.1) is 0 Å². The molecule has 19 heavy (non-hydrogen) atoms. The third-order valence-corrected chi connectivity index (χ3v) is 3.26. The maximum absolute atomic E-state index is 12.1. The van der Waals surface area contributed by atoms with E-state index in [2.05, 4.69) is 20.5 Å². The molecule has 1 amide bonds. The molecule has 0 saturated carbocycles. The van der Waals surface area contributed by atoms with Crippen LogP contribution >= 0.6 is 0 Å². The molecule has 0 aromatic heterocycles. The highest BCUT2D eigenvalue weighted by molar-refractivity contribution is 6.83. The summed E-state index contributed by atoms with van der Waals surface area (Å²) in [5, 5.41) is 10.6. The molecule has 1 unspecified atom stereocenters. The Hall–Kier alpha value is -2.50. The molecule has 2 aliphatic rings. The summed E-state index contributed by atoms with van der Waals surface area (Å²) in [5.74, 6) is -0.281. The number of carbonyl (C=O) groups excluding carboxylic acids is 1. The smallest absolute Gasteiger partial charge is 0.276 e. The predicted octanol–water partition coefficient (Wildman–Crippen LogP) is 0.843. The number of hydrogen-bond acceptors (Lipinski definition) is 5. The number of hydrogen-bond donors (Lipinski definition) is 2. The monoisotopic (exact) mass is 255 g/mol. The largest absolute Gasteiger partial charge is 0.398 e. The van der Waals surface area contributed by atoms with Crippen LogP contribution in [0.5, 0.6) is 0 Å². The van der Waals surface area contributed by atoms with Crippen molar-refractivity contribution >= 4 is 28.7 Å². The molecule has 0 bridgehead atoms. The number of para-hydroxylation sites is 1. The van der Waals surface area contributed by atoms with Crippen LogP contribution < -0.4 is 11.1 Å². The van der Waals surface area contributed by atoms with Gasteiger partial charge in [-0.05, 0) is 19.9 Å². The highest BCUT2D eigenvalue weighted by Gasteiger charge is 2.40. The molecule has 96 valence electrons. The van der Waals surface area contributed by atoms with E-state index in [-0.39, 0.29) is 11.6 Å². The topological polar surface area (TPSA) is 92.2 Å². The van der Waals surface area contributed by atoms with Crippen LogP contribution in [0.3, 0.4) is 0 Å². The molecule has 6 heteroatoms. The Bertz CT molecular complexity index is 673. The zero-order valence-electron chi connectivity index (χ0n) is 10.6. The third kappa shape index (κ3) is 1.64. The van der Waals surface area contributed by atoms with Crippen LogP contribution in [0.15, 0.2) is 39.5 Å². The second kappa shape index (κ2) is 3.74. The second-order valence-electron chi connectivity index (χ2n) is 4.71. The van der Waals surface area contributed by atoms with Gasteiger partial charge in [0.15, 0.2) is 11.4 Å². The minimum absolute atomic E-state index is 0.268. The number of nitrogens with zero attached hydrogens (tertiary/aromatic N) is 3. The highest BCUT2D eigenvalue weighted by atomic mass is 16.2. The minimum Gasteiger partial charge on any atom is -0.398 e. The number of anilines is 1. The Balaban J connectivity index is 2.16. The maximum Gasteiger partial charge on any atom is 0.276 e. The van der Waals surface area contributed by atoms with E-state index < -0.39 is 5.66 Å². The molecule has 1 aromatic carbocycles. The van der Waals surface area contributed by atoms with Crippen molar-refractivity contribution in [3.05, 3.63) is 29.8 Å². The van der Waals surface area contributed by atoms with Crippen molar-refractivity contribution in [3.63, 3.8) is 0 Å². The van der Waals surface area contributed by atoms with Crippen molar-refractivity contribution in [2.75, 3.05) is 5.73 Å². The summed E-state index contributed by atoms with van der Waals surface area (Å²) in [6.07, 6.45) is 0. The summed E-state index contributed by atoms with van der Waals surface area (Å²) in [4.78, 5) is 16.7. The fourth-order valence-corrected chi connectivity index (χ4v) is 2.28. The fourth-order valence-electron chi connectivity index (χ4n) is 2.28. The molecular weight excluding hydrogens is 242 g/mol. The summed E-state index contributed by atoms with van der Waals surface area (Å²) in [6.45, 7) is 3.59. The molecule has 6 nitrogen and oxygen atoms in total. The molecule has 0 spiro atoms. The zero-order valence-corrected chi connectivity index (χ0v) is 10.6. The van der Waals surface area contributed by atoms with Gasteiger partial charge in [0.1, 0.15) is 5.71 Å². The first kappa shape index (κ1) is 11.6. The Labute approximate surface area is 110 Å². The van der Waals surface area contributed by atoms with E-state index in [0.717, 1.165) is 5.56 Å². The van der Waals surface area contributed by atoms with Gasteiger partial charge >= 0.3 is 0 Å². The van der Waals surface area contributed by atoms with E-state index in [1.807, 2.05) is 25.1 Å². The van der Waals surface area contributed by atoms with Gasteiger partial charge in [-0.3, -0.25) is 4.79 Å². The second-order valence-corrected chi connectivity index (χ2v) is 4.71. The average molecular weight is 255 g/mol. The average Bonchev–Trinajstić information content (AvgIpc) is 2.72. The quantitative estimate of drug-likeness (QED) is 0.728. The van der Waals surface area contributed by atoms with E-state index in [1.165, 1.54) is 0 Å². The molecule has 0 saturated heterocycles. The van der Waals surface area contributed by atoms with Gasteiger partial charge in [0, 0.05) is 11.3 Å². The number of nitrogens with two attached hydrogens (primary N) is 1. The zero-order chi connectivity index (χ0) is 13.6. The lowest BCUT2D eigenvalue weighted by Gasteiger charge is -2.32. The van der Waals surface area contributed by atoms with Crippen LogP contribution in [0.4, 0.5) is 5.69 Å². The molecular formula is C13H13N5O. The number of carbonyl (C=O) groups is 1. The molecule has 2 heterocycles. The molecule has 0 aliphatic carbocycles. The van der Waals surface area contributed by atoms with Crippen LogP contribution in [0.2, 0.25) is 0 Å². The van der Waals surface area contributed by atoms with Crippen LogP contribution in [0.25, 0.3) is 0 Å². The lowest BCUT2D eigenvalue weighted by atomic mass is 9.96. The van der Waals surface area contributed by atoms with Crippen molar-refractivity contribution < 1.29 is 4.79 Å². The molecule has 3 N–H and O–H groups in total. The summed E-state index contributed by atoms with van der Waals surface area (Å²) in [6, 6.07) is 7.34. The molecule has 1 aromatic rings. The molecule has 2 aliphatic heterocycles. The van der Waals surface area contributed by atoms with Crippen molar-refractivity contribution in [2.45, 2.75) is 19.5 Å². The summed E-state index contributed by atoms with van der Waals surface area (Å²) in [5.41, 5.74) is 7.88. The van der Waals surface area contributed by atoms with E-state index in [4.69, 9.17) is 5.73 Å². The molecule has 0 radical (unpaired) electrons. The number of amides is 1. The van der Waals surface area contributed by atoms with Gasteiger partial charge < -0.3 is 11.1 Å². The van der Waals surface area contributed by atoms with Gasteiger partial charge in [0.05, 0.1) is 5.71 Å². The molecule has 1 atom stereocenters. The number of benzene rings is 1. The first-order valence-corrected chi connectivity index (χ1v) is 5.91. The van der Waals surface area contributed by atoms with E-state index >= 15 is 0 Å². The van der Waals surface area contributed by atoms with Crippen molar-refractivity contribution in [1.29, 1.82) is 0 Å². The summed E-state index contributed by atoms with van der Waals surface area (Å²) in [7, 11) is 0. The van der Waals surface area contributed by atoms with Crippen molar-refractivity contribution in [2.24, 2.45) is 15.2 Å². The van der Waals surface area contributed by atoms with Gasteiger partial charge in [0.2, 0.25) is 0 Å². The highest BCUT2D eigenvalue weighted by Crippen LogP contribution is 2.30. The minimum atomic E-state index is -0.891. The lowest BCUT2D eigenvalue weighted by molar-refractivity contribution is -0.116. The Morgan fingerprint density at radius 2 is 1.95 bits per heavy atom. The third-order valence-electron chi connectivity index (χ3n) is 3.26. The number of nitrogens with one attached hydrogen (secondary N) is 1. The van der Waals surface area contributed by atoms with Gasteiger partial charge in [0.25, 0.3) is 5.91 Å². The molecule has 0 fully saturated rings. The standard InChI is InChI=1S/C13H13N5O/c1-7-10-11(18-17-7)12(19)16-13(2,15-10)8-5-3-4-6-9(8)14/h3-6H,14H2,1-2H3,(H,16,19). The lowest BCUT2D eigenvalue weighted by Crippen LogP contribution is -2.52. The Morgan fingerprint density at radius 3 is 2.68 bits per heavy atom. The van der Waals surface area contributed by atoms with E-state index in [1.54, 1.807) is 13.0 Å². The van der Waals surface area contributed by atoms with Crippen LogP contribution in [-0.4, -0.2) is 23.0 Å². The van der Waals surface area contributed by atoms with Crippen molar-refractivity contribution in [1.82, 2.24) is 5.32 Å². The normalized spacial score (nSPS) is 25.2. The van der Waals surface area contributed by atoms with Crippen LogP contribution in [-0.2, 0) is 10.5 Å². The SMILES string of the molecule is CC1=NN=C2C(=O)NC(C)(c3ccccc3N)N=C12. The van der Waals surface area contributed by atoms with Crippen molar-refractivity contribution in [3.8, 4) is 0 Å². The first-order valence-electron chi connectivity index (χ1n) is 5.91.